The molecular weight excluding hydrogens is 154 g/mol. The van der Waals surface area contributed by atoms with Crippen molar-refractivity contribution in [3.8, 4) is 0 Å². The lowest BCUT2D eigenvalue weighted by Gasteiger charge is -2.18. The highest BCUT2D eigenvalue weighted by Crippen LogP contribution is 2.18. The Bertz CT molecular complexity index is 336. The number of aromatic amines is 2. The molecule has 1 aliphatic heterocycles. The van der Waals surface area contributed by atoms with Gasteiger partial charge in [0.05, 0.1) is 11.3 Å². The lowest BCUT2D eigenvalue weighted by atomic mass is 10.3. The zero-order valence-corrected chi connectivity index (χ0v) is 7.35. The SMILES string of the molecule is CC(C)N1Cc2[nH][nH]c(=O)c2C1. The van der Waals surface area contributed by atoms with Crippen LogP contribution in [0, 0.1) is 0 Å². The fourth-order valence-electron chi connectivity index (χ4n) is 1.55. The first-order chi connectivity index (χ1) is 5.68. The second kappa shape index (κ2) is 2.48. The summed E-state index contributed by atoms with van der Waals surface area (Å²) in [7, 11) is 0. The average Bonchev–Trinajstić information content (AvgIpc) is 2.53. The van der Waals surface area contributed by atoms with E-state index >= 15 is 0 Å². The van der Waals surface area contributed by atoms with Crippen LogP contribution in [0.25, 0.3) is 0 Å². The van der Waals surface area contributed by atoms with Crippen molar-refractivity contribution < 1.29 is 0 Å². The summed E-state index contributed by atoms with van der Waals surface area (Å²) >= 11 is 0. The van der Waals surface area contributed by atoms with Gasteiger partial charge >= 0.3 is 0 Å². The Morgan fingerprint density at radius 1 is 1.33 bits per heavy atom. The number of rotatable bonds is 1. The summed E-state index contributed by atoms with van der Waals surface area (Å²) in [5.74, 6) is 0. The van der Waals surface area contributed by atoms with Crippen LogP contribution in [0.4, 0.5) is 0 Å². The summed E-state index contributed by atoms with van der Waals surface area (Å²) in [6, 6.07) is 0.505. The maximum absolute atomic E-state index is 11.2. The molecule has 4 nitrogen and oxygen atoms in total. The molecule has 4 heteroatoms. The molecule has 0 atom stereocenters. The fraction of sp³-hybridized carbons (Fsp3) is 0.625. The molecule has 0 radical (unpaired) electrons. The molecule has 0 unspecified atom stereocenters. The van der Waals surface area contributed by atoms with Gasteiger partial charge in [-0.05, 0) is 13.8 Å². The highest BCUT2D eigenvalue weighted by Gasteiger charge is 2.24. The van der Waals surface area contributed by atoms with Gasteiger partial charge in [0.25, 0.3) is 5.56 Å². The van der Waals surface area contributed by atoms with E-state index in [0.717, 1.165) is 24.3 Å². The van der Waals surface area contributed by atoms with E-state index in [9.17, 15) is 4.79 Å². The van der Waals surface area contributed by atoms with Gasteiger partial charge in [-0.25, -0.2) is 0 Å². The van der Waals surface area contributed by atoms with Crippen LogP contribution in [0.3, 0.4) is 0 Å². The van der Waals surface area contributed by atoms with Crippen molar-refractivity contribution in [2.45, 2.75) is 33.0 Å². The Balaban J connectivity index is 2.28. The van der Waals surface area contributed by atoms with E-state index in [-0.39, 0.29) is 5.56 Å². The van der Waals surface area contributed by atoms with E-state index in [0.29, 0.717) is 6.04 Å². The minimum absolute atomic E-state index is 0.0353. The molecule has 2 rings (SSSR count). The lowest BCUT2D eigenvalue weighted by Crippen LogP contribution is -2.26. The van der Waals surface area contributed by atoms with Crippen molar-refractivity contribution in [1.82, 2.24) is 15.1 Å². The largest absolute Gasteiger partial charge is 0.301 e. The Morgan fingerprint density at radius 3 is 2.67 bits per heavy atom. The summed E-state index contributed by atoms with van der Waals surface area (Å²) in [5, 5.41) is 5.48. The summed E-state index contributed by atoms with van der Waals surface area (Å²) in [5.41, 5.74) is 1.99. The van der Waals surface area contributed by atoms with Gasteiger partial charge in [0.1, 0.15) is 0 Å². The average molecular weight is 167 g/mol. The minimum Gasteiger partial charge on any atom is -0.301 e. The first kappa shape index (κ1) is 7.61. The van der Waals surface area contributed by atoms with E-state index in [1.807, 2.05) is 0 Å². The van der Waals surface area contributed by atoms with Gasteiger partial charge in [0.15, 0.2) is 0 Å². The molecule has 0 spiro atoms. The van der Waals surface area contributed by atoms with Crippen LogP contribution < -0.4 is 5.56 Å². The summed E-state index contributed by atoms with van der Waals surface area (Å²) < 4.78 is 0. The van der Waals surface area contributed by atoms with E-state index in [1.54, 1.807) is 0 Å². The Kier molecular flexibility index (Phi) is 1.58. The molecule has 1 aliphatic rings. The van der Waals surface area contributed by atoms with Crippen molar-refractivity contribution in [1.29, 1.82) is 0 Å². The molecule has 1 aromatic heterocycles. The molecule has 0 fully saturated rings. The topological polar surface area (TPSA) is 51.9 Å². The van der Waals surface area contributed by atoms with Gasteiger partial charge in [-0.1, -0.05) is 0 Å². The first-order valence-electron chi connectivity index (χ1n) is 4.21. The van der Waals surface area contributed by atoms with Gasteiger partial charge in [-0.3, -0.25) is 14.8 Å². The number of nitrogens with one attached hydrogen (secondary N) is 2. The molecule has 12 heavy (non-hydrogen) atoms. The molecule has 0 bridgehead atoms. The van der Waals surface area contributed by atoms with E-state index < -0.39 is 0 Å². The van der Waals surface area contributed by atoms with Crippen LogP contribution >= 0.6 is 0 Å². The molecule has 0 aromatic carbocycles. The zero-order valence-electron chi connectivity index (χ0n) is 7.35. The number of fused-ring (bicyclic) bond motifs is 1. The van der Waals surface area contributed by atoms with Gasteiger partial charge in [-0.2, -0.15) is 0 Å². The molecule has 1 aromatic rings. The van der Waals surface area contributed by atoms with Crippen molar-refractivity contribution in [2.24, 2.45) is 0 Å². The lowest BCUT2D eigenvalue weighted by molar-refractivity contribution is 0.224. The Labute approximate surface area is 70.6 Å². The van der Waals surface area contributed by atoms with Crippen molar-refractivity contribution in [3.63, 3.8) is 0 Å². The second-order valence-electron chi connectivity index (χ2n) is 3.53. The summed E-state index contributed by atoms with van der Waals surface area (Å²) in [6.45, 7) is 5.93. The van der Waals surface area contributed by atoms with E-state index in [1.165, 1.54) is 0 Å². The van der Waals surface area contributed by atoms with Gasteiger partial charge < -0.3 is 5.10 Å². The van der Waals surface area contributed by atoms with Crippen LogP contribution in [-0.2, 0) is 13.1 Å². The third-order valence-corrected chi connectivity index (χ3v) is 2.42. The molecule has 0 saturated heterocycles. The van der Waals surface area contributed by atoms with Gasteiger partial charge in [0.2, 0.25) is 0 Å². The van der Waals surface area contributed by atoms with Crippen LogP contribution in [0.15, 0.2) is 4.79 Å². The standard InChI is InChI=1S/C8H13N3O/c1-5(2)11-3-6-7(4-11)9-10-8(6)12/h5H,3-4H2,1-2H3,(H2,9,10,12). The maximum atomic E-state index is 11.2. The van der Waals surface area contributed by atoms with Crippen molar-refractivity contribution >= 4 is 0 Å². The Hall–Kier alpha value is -1.03. The molecule has 0 saturated carbocycles. The zero-order chi connectivity index (χ0) is 8.72. The van der Waals surface area contributed by atoms with E-state index in [4.69, 9.17) is 0 Å². The van der Waals surface area contributed by atoms with Crippen LogP contribution in [0.1, 0.15) is 25.1 Å². The molecule has 0 amide bonds. The Morgan fingerprint density at radius 2 is 2.08 bits per heavy atom. The molecule has 66 valence electrons. The van der Waals surface area contributed by atoms with Crippen molar-refractivity contribution in [2.75, 3.05) is 0 Å². The van der Waals surface area contributed by atoms with Crippen molar-refractivity contribution in [3.05, 3.63) is 21.6 Å². The maximum Gasteiger partial charge on any atom is 0.268 e. The smallest absolute Gasteiger partial charge is 0.268 e. The quantitative estimate of drug-likeness (QED) is 0.637. The number of hydrogen-bond donors (Lipinski definition) is 2. The number of aromatic nitrogens is 2. The highest BCUT2D eigenvalue weighted by atomic mass is 16.1. The number of nitrogens with zero attached hydrogens (tertiary/aromatic N) is 1. The third kappa shape index (κ3) is 0.992. The monoisotopic (exact) mass is 167 g/mol. The summed E-state index contributed by atoms with van der Waals surface area (Å²) in [4.78, 5) is 13.4. The fourth-order valence-corrected chi connectivity index (χ4v) is 1.55. The highest BCUT2D eigenvalue weighted by molar-refractivity contribution is 5.20. The molecular formula is C8H13N3O. The third-order valence-electron chi connectivity index (χ3n) is 2.42. The van der Waals surface area contributed by atoms with E-state index in [2.05, 4.69) is 28.9 Å². The van der Waals surface area contributed by atoms with Gasteiger partial charge in [0, 0.05) is 19.1 Å². The molecule has 2 N–H and O–H groups in total. The predicted molar refractivity (Wildman–Crippen MR) is 45.8 cm³/mol. The van der Waals surface area contributed by atoms with Crippen LogP contribution in [-0.4, -0.2) is 21.1 Å². The second-order valence-corrected chi connectivity index (χ2v) is 3.53. The number of hydrogen-bond acceptors (Lipinski definition) is 2. The van der Waals surface area contributed by atoms with Crippen LogP contribution in [0.2, 0.25) is 0 Å². The normalized spacial score (nSPS) is 17.2. The van der Waals surface area contributed by atoms with Crippen LogP contribution in [0.5, 0.6) is 0 Å². The minimum atomic E-state index is 0.0353. The molecule has 0 aliphatic carbocycles. The predicted octanol–water partition coefficient (Wildman–Crippen LogP) is 0.427. The number of H-pyrrole nitrogens is 2. The first-order valence-corrected chi connectivity index (χ1v) is 4.21. The summed E-state index contributed by atoms with van der Waals surface area (Å²) in [6.07, 6.45) is 0. The van der Waals surface area contributed by atoms with Gasteiger partial charge in [-0.15, -0.1) is 0 Å². The molecule has 2 heterocycles.